The van der Waals surface area contributed by atoms with Crippen LogP contribution in [0.3, 0.4) is 0 Å². The lowest BCUT2D eigenvalue weighted by molar-refractivity contribution is -0.137. The normalized spacial score (nSPS) is 16.1. The number of carbonyl (C=O) groups is 2. The Bertz CT molecular complexity index is 549. The highest BCUT2D eigenvalue weighted by molar-refractivity contribution is 5.93. The van der Waals surface area contributed by atoms with Crippen molar-refractivity contribution in [2.45, 2.75) is 71.8 Å². The van der Waals surface area contributed by atoms with E-state index in [0.717, 1.165) is 12.8 Å². The molecule has 0 bridgehead atoms. The van der Waals surface area contributed by atoms with E-state index in [1.165, 1.54) is 25.7 Å². The SMILES string of the molecule is CC[C@@H](C)N(CC(=O)Nc1cc(C)on1)C(=O)CCC1CCCC1. The van der Waals surface area contributed by atoms with Gasteiger partial charge in [-0.1, -0.05) is 37.8 Å². The molecule has 6 nitrogen and oxygen atoms in total. The fraction of sp³-hybridized carbons (Fsp3) is 0.722. The molecule has 1 aromatic heterocycles. The molecule has 24 heavy (non-hydrogen) atoms. The van der Waals surface area contributed by atoms with Crippen molar-refractivity contribution in [2.24, 2.45) is 5.92 Å². The van der Waals surface area contributed by atoms with Gasteiger partial charge in [0.2, 0.25) is 11.8 Å². The van der Waals surface area contributed by atoms with Crippen LogP contribution in [0.5, 0.6) is 0 Å². The molecule has 0 radical (unpaired) electrons. The van der Waals surface area contributed by atoms with Gasteiger partial charge in [-0.15, -0.1) is 0 Å². The molecule has 1 saturated carbocycles. The fourth-order valence-electron chi connectivity index (χ4n) is 3.24. The molecular weight excluding hydrogens is 306 g/mol. The van der Waals surface area contributed by atoms with E-state index >= 15 is 0 Å². The summed E-state index contributed by atoms with van der Waals surface area (Å²) in [5, 5.41) is 6.44. The van der Waals surface area contributed by atoms with Crippen LogP contribution in [0.25, 0.3) is 0 Å². The zero-order valence-electron chi connectivity index (χ0n) is 15.0. The van der Waals surface area contributed by atoms with Gasteiger partial charge in [0.25, 0.3) is 0 Å². The Kier molecular flexibility index (Phi) is 6.82. The van der Waals surface area contributed by atoms with Gasteiger partial charge < -0.3 is 14.7 Å². The first-order valence-corrected chi connectivity index (χ1v) is 9.02. The Morgan fingerprint density at radius 1 is 1.42 bits per heavy atom. The van der Waals surface area contributed by atoms with Gasteiger partial charge >= 0.3 is 0 Å². The van der Waals surface area contributed by atoms with Crippen molar-refractivity contribution in [1.82, 2.24) is 10.1 Å². The van der Waals surface area contributed by atoms with Gasteiger partial charge in [-0.2, -0.15) is 0 Å². The second kappa shape index (κ2) is 8.85. The topological polar surface area (TPSA) is 75.4 Å². The minimum Gasteiger partial charge on any atom is -0.360 e. The molecule has 0 aromatic carbocycles. The number of nitrogens with one attached hydrogen (secondary N) is 1. The zero-order chi connectivity index (χ0) is 17.5. The number of aromatic nitrogens is 1. The second-order valence-corrected chi connectivity index (χ2v) is 6.84. The van der Waals surface area contributed by atoms with Gasteiger partial charge in [0.15, 0.2) is 5.82 Å². The van der Waals surface area contributed by atoms with E-state index < -0.39 is 0 Å². The van der Waals surface area contributed by atoms with Gasteiger partial charge in [0, 0.05) is 18.5 Å². The Labute approximate surface area is 143 Å². The first-order chi connectivity index (χ1) is 11.5. The van der Waals surface area contributed by atoms with Gasteiger partial charge in [0.1, 0.15) is 12.3 Å². The summed E-state index contributed by atoms with van der Waals surface area (Å²) < 4.78 is 4.94. The molecule has 1 heterocycles. The molecule has 1 aliphatic carbocycles. The molecule has 2 amide bonds. The summed E-state index contributed by atoms with van der Waals surface area (Å²) in [6, 6.07) is 1.71. The van der Waals surface area contributed by atoms with Gasteiger partial charge in [-0.05, 0) is 32.6 Å². The third-order valence-electron chi connectivity index (χ3n) is 4.89. The van der Waals surface area contributed by atoms with Gasteiger partial charge in [-0.25, -0.2) is 0 Å². The van der Waals surface area contributed by atoms with Crippen LogP contribution in [0, 0.1) is 12.8 Å². The summed E-state index contributed by atoms with van der Waals surface area (Å²) in [7, 11) is 0. The Hall–Kier alpha value is -1.85. The maximum Gasteiger partial charge on any atom is 0.245 e. The molecule has 0 unspecified atom stereocenters. The van der Waals surface area contributed by atoms with E-state index in [1.54, 1.807) is 17.9 Å². The number of aryl methyl sites for hydroxylation is 1. The van der Waals surface area contributed by atoms with E-state index in [9.17, 15) is 9.59 Å². The van der Waals surface area contributed by atoms with Crippen LogP contribution in [-0.4, -0.2) is 34.5 Å². The Morgan fingerprint density at radius 3 is 2.71 bits per heavy atom. The van der Waals surface area contributed by atoms with Crippen molar-refractivity contribution >= 4 is 17.6 Å². The van der Waals surface area contributed by atoms with Crippen molar-refractivity contribution in [3.63, 3.8) is 0 Å². The number of hydrogen-bond donors (Lipinski definition) is 1. The van der Waals surface area contributed by atoms with Gasteiger partial charge in [0.05, 0.1) is 0 Å². The monoisotopic (exact) mass is 335 g/mol. The van der Waals surface area contributed by atoms with Crippen LogP contribution < -0.4 is 5.32 Å². The van der Waals surface area contributed by atoms with Crippen molar-refractivity contribution in [2.75, 3.05) is 11.9 Å². The van der Waals surface area contributed by atoms with Gasteiger partial charge in [-0.3, -0.25) is 9.59 Å². The summed E-state index contributed by atoms with van der Waals surface area (Å²) >= 11 is 0. The summed E-state index contributed by atoms with van der Waals surface area (Å²) in [5.74, 6) is 1.54. The van der Waals surface area contributed by atoms with E-state index in [0.29, 0.717) is 23.9 Å². The Balaban J connectivity index is 1.88. The maximum absolute atomic E-state index is 12.6. The van der Waals surface area contributed by atoms with Crippen molar-refractivity contribution in [3.8, 4) is 0 Å². The highest BCUT2D eigenvalue weighted by atomic mass is 16.5. The fourth-order valence-corrected chi connectivity index (χ4v) is 3.24. The summed E-state index contributed by atoms with van der Waals surface area (Å²) in [5.41, 5.74) is 0. The number of carbonyl (C=O) groups excluding carboxylic acids is 2. The number of hydrogen-bond acceptors (Lipinski definition) is 4. The molecule has 0 saturated heterocycles. The van der Waals surface area contributed by atoms with Crippen molar-refractivity contribution < 1.29 is 14.1 Å². The predicted octanol–water partition coefficient (Wildman–Crippen LogP) is 3.52. The third kappa shape index (κ3) is 5.35. The zero-order valence-corrected chi connectivity index (χ0v) is 15.0. The number of amides is 2. The maximum atomic E-state index is 12.6. The molecule has 1 aliphatic rings. The van der Waals surface area contributed by atoms with Crippen LogP contribution in [-0.2, 0) is 9.59 Å². The second-order valence-electron chi connectivity index (χ2n) is 6.84. The van der Waals surface area contributed by atoms with E-state index in [2.05, 4.69) is 10.5 Å². The van der Waals surface area contributed by atoms with E-state index in [4.69, 9.17) is 4.52 Å². The minimum atomic E-state index is -0.238. The first-order valence-electron chi connectivity index (χ1n) is 9.02. The molecule has 6 heteroatoms. The standard InChI is InChI=1S/C18H29N3O3/c1-4-13(2)21(18(23)10-9-15-7-5-6-8-15)12-17(22)19-16-11-14(3)24-20-16/h11,13,15H,4-10,12H2,1-3H3,(H,19,20,22)/t13-/m1/s1. The average Bonchev–Trinajstić information content (AvgIpc) is 3.21. The summed E-state index contributed by atoms with van der Waals surface area (Å²) in [6.45, 7) is 5.84. The van der Waals surface area contributed by atoms with Crippen LogP contribution in [0.2, 0.25) is 0 Å². The van der Waals surface area contributed by atoms with Crippen LogP contribution in [0.4, 0.5) is 5.82 Å². The largest absolute Gasteiger partial charge is 0.360 e. The molecule has 1 N–H and O–H groups in total. The molecule has 1 fully saturated rings. The third-order valence-corrected chi connectivity index (χ3v) is 4.89. The summed E-state index contributed by atoms with van der Waals surface area (Å²) in [6.07, 6.45) is 7.35. The quantitative estimate of drug-likeness (QED) is 0.788. The molecule has 0 aliphatic heterocycles. The molecular formula is C18H29N3O3. The average molecular weight is 335 g/mol. The lowest BCUT2D eigenvalue weighted by Gasteiger charge is -2.28. The highest BCUT2D eigenvalue weighted by Gasteiger charge is 2.24. The van der Waals surface area contributed by atoms with Crippen LogP contribution in [0.15, 0.2) is 10.6 Å². The molecule has 1 atom stereocenters. The van der Waals surface area contributed by atoms with Crippen molar-refractivity contribution in [3.05, 3.63) is 11.8 Å². The van der Waals surface area contributed by atoms with Crippen LogP contribution in [0.1, 0.15) is 64.6 Å². The minimum absolute atomic E-state index is 0.0471. The van der Waals surface area contributed by atoms with Crippen LogP contribution >= 0.6 is 0 Å². The molecule has 1 aromatic rings. The van der Waals surface area contributed by atoms with E-state index in [-0.39, 0.29) is 24.4 Å². The lowest BCUT2D eigenvalue weighted by Crippen LogP contribution is -2.43. The summed E-state index contributed by atoms with van der Waals surface area (Å²) in [4.78, 5) is 26.5. The molecule has 2 rings (SSSR count). The lowest BCUT2D eigenvalue weighted by atomic mass is 10.0. The number of nitrogens with zero attached hydrogens (tertiary/aromatic N) is 2. The number of rotatable bonds is 8. The molecule has 134 valence electrons. The molecule has 0 spiro atoms. The Morgan fingerprint density at radius 2 is 2.12 bits per heavy atom. The predicted molar refractivity (Wildman–Crippen MR) is 92.5 cm³/mol. The highest BCUT2D eigenvalue weighted by Crippen LogP contribution is 2.28. The smallest absolute Gasteiger partial charge is 0.245 e. The van der Waals surface area contributed by atoms with Crippen molar-refractivity contribution in [1.29, 1.82) is 0 Å². The number of anilines is 1. The first kappa shape index (κ1) is 18.5. The van der Waals surface area contributed by atoms with E-state index in [1.807, 2.05) is 13.8 Å².